The van der Waals surface area contributed by atoms with Gasteiger partial charge in [0.05, 0.1) is 37.3 Å². The Labute approximate surface area is 191 Å². The van der Waals surface area contributed by atoms with Gasteiger partial charge >= 0.3 is 6.18 Å². The number of amides is 1. The molecule has 1 amide bonds. The first-order valence-corrected chi connectivity index (χ1v) is 10.0. The number of rotatable bonds is 6. The lowest BCUT2D eigenvalue weighted by Crippen LogP contribution is -2.17. The summed E-state index contributed by atoms with van der Waals surface area (Å²) in [5.74, 6) is -0.0882. The Balaban J connectivity index is 1.57. The van der Waals surface area contributed by atoms with Crippen molar-refractivity contribution in [2.45, 2.75) is 12.7 Å². The van der Waals surface area contributed by atoms with Crippen LogP contribution in [0.3, 0.4) is 0 Å². The van der Waals surface area contributed by atoms with E-state index in [2.05, 4.69) is 15.5 Å². The number of methoxy groups -OCH3 is 1. The molecule has 0 atom stereocenters. The van der Waals surface area contributed by atoms with Crippen LogP contribution in [-0.2, 0) is 12.7 Å². The fraction of sp³-hybridized carbons (Fsp3) is 0.136. The summed E-state index contributed by atoms with van der Waals surface area (Å²) in [4.78, 5) is 12.9. The number of carbonyl (C=O) groups excluding carboxylic acids is 1. The number of nitrogens with one attached hydrogen (secondary N) is 1. The predicted octanol–water partition coefficient (Wildman–Crippen LogP) is 5.05. The van der Waals surface area contributed by atoms with Crippen molar-refractivity contribution in [2.24, 2.45) is 0 Å². The number of ether oxygens (including phenoxy) is 1. The Morgan fingerprint density at radius 2 is 1.91 bits per heavy atom. The van der Waals surface area contributed by atoms with Gasteiger partial charge in [-0.05, 0) is 35.9 Å². The first-order chi connectivity index (χ1) is 15.7. The third-order valence-corrected chi connectivity index (χ3v) is 5.01. The van der Waals surface area contributed by atoms with Gasteiger partial charge in [0.1, 0.15) is 5.82 Å². The second kappa shape index (κ2) is 8.99. The molecule has 0 saturated heterocycles. The number of anilines is 1. The minimum atomic E-state index is -4.50. The smallest absolute Gasteiger partial charge is 0.416 e. The van der Waals surface area contributed by atoms with Crippen molar-refractivity contribution in [3.8, 4) is 11.4 Å². The zero-order valence-corrected chi connectivity index (χ0v) is 17.9. The summed E-state index contributed by atoms with van der Waals surface area (Å²) in [7, 11) is 1.34. The van der Waals surface area contributed by atoms with Gasteiger partial charge in [-0.3, -0.25) is 4.79 Å². The molecule has 4 aromatic rings. The van der Waals surface area contributed by atoms with E-state index in [9.17, 15) is 18.0 Å². The molecule has 0 spiro atoms. The van der Waals surface area contributed by atoms with E-state index in [1.165, 1.54) is 31.6 Å². The summed E-state index contributed by atoms with van der Waals surface area (Å²) >= 11 is 5.91. The molecule has 1 N–H and O–H groups in total. The number of aromatic nitrogens is 4. The van der Waals surface area contributed by atoms with Gasteiger partial charge in [-0.25, -0.2) is 9.36 Å². The number of hydrogen-bond acceptors (Lipinski definition) is 4. The second-order valence-corrected chi connectivity index (χ2v) is 7.43. The molecule has 0 aliphatic heterocycles. The predicted molar refractivity (Wildman–Crippen MR) is 116 cm³/mol. The second-order valence-electron chi connectivity index (χ2n) is 6.99. The average molecular weight is 476 g/mol. The molecule has 2 aromatic heterocycles. The van der Waals surface area contributed by atoms with Gasteiger partial charge in [-0.2, -0.15) is 23.4 Å². The van der Waals surface area contributed by atoms with Gasteiger partial charge in [0.2, 0.25) is 0 Å². The van der Waals surface area contributed by atoms with Crippen molar-refractivity contribution < 1.29 is 22.7 Å². The molecule has 0 radical (unpaired) electrons. The Morgan fingerprint density at radius 3 is 2.61 bits per heavy atom. The lowest BCUT2D eigenvalue weighted by atomic mass is 10.2. The van der Waals surface area contributed by atoms with E-state index < -0.39 is 17.6 Å². The van der Waals surface area contributed by atoms with E-state index in [0.29, 0.717) is 17.4 Å². The van der Waals surface area contributed by atoms with Crippen LogP contribution < -0.4 is 10.1 Å². The molecule has 0 aliphatic carbocycles. The normalized spacial score (nSPS) is 11.4. The van der Waals surface area contributed by atoms with Crippen LogP contribution in [0.2, 0.25) is 5.02 Å². The molecular formula is C22H17ClF3N5O2. The largest absolute Gasteiger partial charge is 0.493 e. The molecule has 7 nitrogen and oxygen atoms in total. The summed E-state index contributed by atoms with van der Waals surface area (Å²) < 4.78 is 47.1. The van der Waals surface area contributed by atoms with Crippen LogP contribution >= 0.6 is 11.6 Å². The van der Waals surface area contributed by atoms with Crippen LogP contribution in [0.15, 0.2) is 67.0 Å². The Morgan fingerprint density at radius 1 is 1.15 bits per heavy atom. The van der Waals surface area contributed by atoms with Gasteiger partial charge in [0.15, 0.2) is 11.4 Å². The molecule has 0 bridgehead atoms. The number of benzene rings is 2. The van der Waals surface area contributed by atoms with Crippen LogP contribution in [0, 0.1) is 0 Å². The topological polar surface area (TPSA) is 74.0 Å². The fourth-order valence-electron chi connectivity index (χ4n) is 3.12. The van der Waals surface area contributed by atoms with Gasteiger partial charge in [0.25, 0.3) is 5.91 Å². The standard InChI is InChI=1S/C22H17ClF3N5O2/c1-33-18-13-30(17-4-2-3-15(11-17)22(24,25)26)29-20(18)21(32)28-19-9-10-27-31(19)12-14-5-7-16(23)8-6-14/h2-11,13H,12H2,1H3,(H,28,32). The molecule has 4 rings (SSSR count). The Bertz CT molecular complexity index is 1280. The summed E-state index contributed by atoms with van der Waals surface area (Å²) in [6.07, 6.45) is -1.63. The van der Waals surface area contributed by atoms with Crippen molar-refractivity contribution in [1.82, 2.24) is 19.6 Å². The maximum absolute atomic E-state index is 13.1. The van der Waals surface area contributed by atoms with Gasteiger partial charge in [0, 0.05) is 11.1 Å². The first kappa shape index (κ1) is 22.4. The molecule has 2 heterocycles. The quantitative estimate of drug-likeness (QED) is 0.423. The maximum atomic E-state index is 13.1. The summed E-state index contributed by atoms with van der Waals surface area (Å²) in [5.41, 5.74) is 0.140. The minimum absolute atomic E-state index is 0.0887. The van der Waals surface area contributed by atoms with Gasteiger partial charge < -0.3 is 10.1 Å². The third-order valence-electron chi connectivity index (χ3n) is 4.76. The molecule has 170 valence electrons. The van der Waals surface area contributed by atoms with Gasteiger partial charge in [-0.1, -0.05) is 29.8 Å². The highest BCUT2D eigenvalue weighted by molar-refractivity contribution is 6.30. The zero-order valence-electron chi connectivity index (χ0n) is 17.2. The Kier molecular flexibility index (Phi) is 6.10. The highest BCUT2D eigenvalue weighted by atomic mass is 35.5. The molecule has 0 fully saturated rings. The van der Waals surface area contributed by atoms with Crippen molar-refractivity contribution in [3.63, 3.8) is 0 Å². The van der Waals surface area contributed by atoms with Crippen molar-refractivity contribution in [3.05, 3.63) is 88.8 Å². The van der Waals surface area contributed by atoms with E-state index in [1.807, 2.05) is 12.1 Å². The zero-order chi connectivity index (χ0) is 23.6. The maximum Gasteiger partial charge on any atom is 0.416 e. The van der Waals surface area contributed by atoms with E-state index in [-0.39, 0.29) is 17.1 Å². The van der Waals surface area contributed by atoms with E-state index >= 15 is 0 Å². The van der Waals surface area contributed by atoms with Crippen molar-refractivity contribution in [1.29, 1.82) is 0 Å². The molecule has 0 saturated carbocycles. The summed E-state index contributed by atoms with van der Waals surface area (Å²) in [5, 5.41) is 11.7. The van der Waals surface area contributed by atoms with Crippen LogP contribution in [0.5, 0.6) is 5.75 Å². The van der Waals surface area contributed by atoms with E-state index in [1.54, 1.807) is 22.9 Å². The monoisotopic (exact) mass is 475 g/mol. The number of nitrogens with zero attached hydrogens (tertiary/aromatic N) is 4. The Hall–Kier alpha value is -3.79. The lowest BCUT2D eigenvalue weighted by Gasteiger charge is -2.09. The van der Waals surface area contributed by atoms with Crippen molar-refractivity contribution >= 4 is 23.3 Å². The van der Waals surface area contributed by atoms with Gasteiger partial charge in [-0.15, -0.1) is 0 Å². The highest BCUT2D eigenvalue weighted by Gasteiger charge is 2.31. The number of hydrogen-bond donors (Lipinski definition) is 1. The number of carbonyl (C=O) groups is 1. The molecular weight excluding hydrogens is 459 g/mol. The average Bonchev–Trinajstić information content (AvgIpc) is 3.42. The SMILES string of the molecule is COc1cn(-c2cccc(C(F)(F)F)c2)nc1C(=O)Nc1ccnn1Cc1ccc(Cl)cc1. The lowest BCUT2D eigenvalue weighted by molar-refractivity contribution is -0.137. The summed E-state index contributed by atoms with van der Waals surface area (Å²) in [6.45, 7) is 0.385. The highest BCUT2D eigenvalue weighted by Crippen LogP contribution is 2.31. The minimum Gasteiger partial charge on any atom is -0.493 e. The number of halogens is 4. The van der Waals surface area contributed by atoms with E-state index in [0.717, 1.165) is 22.4 Å². The molecule has 33 heavy (non-hydrogen) atoms. The van der Waals surface area contributed by atoms with Crippen LogP contribution in [-0.4, -0.2) is 32.6 Å². The van der Waals surface area contributed by atoms with Crippen molar-refractivity contribution in [2.75, 3.05) is 12.4 Å². The molecule has 2 aromatic carbocycles. The number of alkyl halides is 3. The van der Waals surface area contributed by atoms with Crippen LogP contribution in [0.4, 0.5) is 19.0 Å². The molecule has 11 heteroatoms. The van der Waals surface area contributed by atoms with Crippen LogP contribution in [0.1, 0.15) is 21.6 Å². The molecule has 0 aliphatic rings. The molecule has 0 unspecified atom stereocenters. The van der Waals surface area contributed by atoms with E-state index in [4.69, 9.17) is 16.3 Å². The summed E-state index contributed by atoms with van der Waals surface area (Å²) in [6, 6.07) is 13.4. The first-order valence-electron chi connectivity index (χ1n) is 9.63. The van der Waals surface area contributed by atoms with Crippen LogP contribution in [0.25, 0.3) is 5.69 Å². The third kappa shape index (κ3) is 5.01. The fourth-order valence-corrected chi connectivity index (χ4v) is 3.25.